The van der Waals surface area contributed by atoms with Crippen LogP contribution in [0.15, 0.2) is 47.4 Å². The zero-order chi connectivity index (χ0) is 18.8. The molecule has 2 aromatic heterocycles. The van der Waals surface area contributed by atoms with Crippen LogP contribution in [0.5, 0.6) is 0 Å². The Morgan fingerprint density at radius 3 is 2.70 bits per heavy atom. The summed E-state index contributed by atoms with van der Waals surface area (Å²) in [5.74, 6) is -0.219. The van der Waals surface area contributed by atoms with Crippen LogP contribution in [0.4, 0.5) is 10.1 Å². The van der Waals surface area contributed by atoms with Gasteiger partial charge in [-0.05, 0) is 55.7 Å². The minimum Gasteiger partial charge on any atom is -0.382 e. The molecule has 0 aliphatic heterocycles. The van der Waals surface area contributed by atoms with Crippen molar-refractivity contribution in [3.8, 4) is 0 Å². The summed E-state index contributed by atoms with van der Waals surface area (Å²) >= 11 is 0. The van der Waals surface area contributed by atoms with Crippen LogP contribution < -0.4 is 16.2 Å². The molecule has 1 aliphatic rings. The Kier molecular flexibility index (Phi) is 4.90. The molecule has 2 heterocycles. The summed E-state index contributed by atoms with van der Waals surface area (Å²) in [7, 11) is 0. The highest BCUT2D eigenvalue weighted by molar-refractivity contribution is 5.78. The number of H-pyrrole nitrogens is 1. The summed E-state index contributed by atoms with van der Waals surface area (Å²) in [6.07, 6.45) is 4.56. The van der Waals surface area contributed by atoms with E-state index in [0.717, 1.165) is 40.7 Å². The zero-order valence-electron chi connectivity index (χ0n) is 15.3. The number of benzene rings is 1. The van der Waals surface area contributed by atoms with Crippen molar-refractivity contribution in [1.29, 1.82) is 0 Å². The van der Waals surface area contributed by atoms with Gasteiger partial charge >= 0.3 is 0 Å². The number of fused-ring (bicyclic) bond motifs is 1. The van der Waals surface area contributed by atoms with Crippen LogP contribution in [0.2, 0.25) is 0 Å². The Morgan fingerprint density at radius 1 is 1.19 bits per heavy atom. The van der Waals surface area contributed by atoms with Crippen LogP contribution in [0.25, 0.3) is 10.9 Å². The quantitative estimate of drug-likeness (QED) is 0.626. The lowest BCUT2D eigenvalue weighted by Crippen LogP contribution is -2.47. The fourth-order valence-corrected chi connectivity index (χ4v) is 3.48. The number of aryl methyl sites for hydroxylation is 1. The first-order valence-corrected chi connectivity index (χ1v) is 9.37. The second-order valence-electron chi connectivity index (χ2n) is 7.14. The van der Waals surface area contributed by atoms with Gasteiger partial charge in [0.05, 0.1) is 11.2 Å². The molecule has 4 rings (SSSR count). The molecule has 1 saturated carbocycles. The molecule has 27 heavy (non-hydrogen) atoms. The number of hydrogen-bond donors (Lipinski definition) is 3. The van der Waals surface area contributed by atoms with Crippen molar-refractivity contribution in [3.05, 3.63) is 70.0 Å². The lowest BCUT2D eigenvalue weighted by Gasteiger charge is -2.37. The van der Waals surface area contributed by atoms with Gasteiger partial charge in [0.25, 0.3) is 5.56 Å². The van der Waals surface area contributed by atoms with E-state index < -0.39 is 0 Å². The van der Waals surface area contributed by atoms with Crippen LogP contribution in [-0.2, 0) is 13.0 Å². The van der Waals surface area contributed by atoms with E-state index in [1.807, 2.05) is 25.3 Å². The van der Waals surface area contributed by atoms with Gasteiger partial charge in [0.15, 0.2) is 0 Å². The Labute approximate surface area is 157 Å². The number of anilines is 1. The molecule has 0 unspecified atom stereocenters. The smallest absolute Gasteiger partial charge is 0.251 e. The molecule has 1 aliphatic carbocycles. The molecule has 0 bridgehead atoms. The molecule has 0 atom stereocenters. The average Bonchev–Trinajstić information content (AvgIpc) is 2.64. The molecule has 0 spiro atoms. The van der Waals surface area contributed by atoms with Crippen LogP contribution >= 0.6 is 0 Å². The van der Waals surface area contributed by atoms with E-state index >= 15 is 0 Å². The summed E-state index contributed by atoms with van der Waals surface area (Å²) in [6.45, 7) is 2.64. The summed E-state index contributed by atoms with van der Waals surface area (Å²) in [5, 5.41) is 7.88. The van der Waals surface area contributed by atoms with E-state index in [9.17, 15) is 9.18 Å². The van der Waals surface area contributed by atoms with E-state index in [-0.39, 0.29) is 11.4 Å². The minimum absolute atomic E-state index is 0.0242. The number of nitrogens with zero attached hydrogens (tertiary/aromatic N) is 1. The molecule has 0 amide bonds. The van der Waals surface area contributed by atoms with Crippen LogP contribution in [0.1, 0.15) is 31.0 Å². The maximum absolute atomic E-state index is 12.9. The van der Waals surface area contributed by atoms with Gasteiger partial charge in [0.1, 0.15) is 5.82 Å². The van der Waals surface area contributed by atoms with Gasteiger partial charge in [-0.2, -0.15) is 0 Å². The van der Waals surface area contributed by atoms with Crippen molar-refractivity contribution < 1.29 is 4.39 Å². The molecule has 0 radical (unpaired) electrons. The Balaban J connectivity index is 1.31. The average molecular weight is 366 g/mol. The summed E-state index contributed by atoms with van der Waals surface area (Å²) < 4.78 is 12.9. The van der Waals surface area contributed by atoms with Gasteiger partial charge in [-0.1, -0.05) is 6.92 Å². The topological polar surface area (TPSA) is 69.8 Å². The molecular weight excluding hydrogens is 343 g/mol. The molecule has 1 fully saturated rings. The number of halogens is 1. The molecule has 0 saturated heterocycles. The molecule has 1 aromatic carbocycles. The number of nitrogens with one attached hydrogen (secondary N) is 3. The summed E-state index contributed by atoms with van der Waals surface area (Å²) in [5.41, 5.74) is 3.45. The van der Waals surface area contributed by atoms with Crippen LogP contribution in [0.3, 0.4) is 0 Å². The van der Waals surface area contributed by atoms with Crippen molar-refractivity contribution in [2.24, 2.45) is 0 Å². The van der Waals surface area contributed by atoms with Gasteiger partial charge in [-0.25, -0.2) is 4.39 Å². The maximum atomic E-state index is 12.9. The lowest BCUT2D eigenvalue weighted by atomic mass is 9.86. The van der Waals surface area contributed by atoms with E-state index in [1.165, 1.54) is 12.1 Å². The number of aromatic amines is 1. The number of pyridine rings is 2. The largest absolute Gasteiger partial charge is 0.382 e. The fourth-order valence-electron chi connectivity index (χ4n) is 3.48. The van der Waals surface area contributed by atoms with Crippen molar-refractivity contribution in [3.63, 3.8) is 0 Å². The zero-order valence-corrected chi connectivity index (χ0v) is 15.3. The Bertz CT molecular complexity index is 993. The highest BCUT2D eigenvalue weighted by Gasteiger charge is 2.28. The normalized spacial score (nSPS) is 19.0. The Morgan fingerprint density at radius 2 is 1.96 bits per heavy atom. The van der Waals surface area contributed by atoms with E-state index in [4.69, 9.17) is 0 Å². The van der Waals surface area contributed by atoms with Crippen molar-refractivity contribution in [1.82, 2.24) is 15.3 Å². The first-order valence-electron chi connectivity index (χ1n) is 9.37. The SMILES string of the molecule is CCc1cc2cnc(CNC3CC(Nc4ccc(F)cc4)C3)cc2[nH]c1=O. The molecular formula is C21H23FN4O. The minimum atomic E-state index is -0.219. The van der Waals surface area contributed by atoms with E-state index in [2.05, 4.69) is 20.6 Å². The third kappa shape index (κ3) is 4.01. The predicted octanol–water partition coefficient (Wildman–Crippen LogP) is 3.36. The molecule has 140 valence electrons. The highest BCUT2D eigenvalue weighted by atomic mass is 19.1. The van der Waals surface area contributed by atoms with Gasteiger partial charge in [-0.15, -0.1) is 0 Å². The van der Waals surface area contributed by atoms with Gasteiger partial charge in [0, 0.05) is 41.5 Å². The van der Waals surface area contributed by atoms with Gasteiger partial charge in [0.2, 0.25) is 0 Å². The summed E-state index contributed by atoms with van der Waals surface area (Å²) in [6, 6.07) is 11.2. The predicted molar refractivity (Wildman–Crippen MR) is 105 cm³/mol. The first kappa shape index (κ1) is 17.7. The number of hydrogen-bond acceptors (Lipinski definition) is 4. The molecule has 3 aromatic rings. The molecule has 3 N–H and O–H groups in total. The van der Waals surface area contributed by atoms with E-state index in [1.54, 1.807) is 12.1 Å². The molecule has 6 heteroatoms. The lowest BCUT2D eigenvalue weighted by molar-refractivity contribution is 0.306. The third-order valence-corrected chi connectivity index (χ3v) is 5.17. The van der Waals surface area contributed by atoms with E-state index in [0.29, 0.717) is 25.0 Å². The van der Waals surface area contributed by atoms with Crippen molar-refractivity contribution in [2.45, 2.75) is 44.8 Å². The van der Waals surface area contributed by atoms with Crippen LogP contribution in [-0.4, -0.2) is 22.1 Å². The van der Waals surface area contributed by atoms with Crippen LogP contribution in [0, 0.1) is 5.82 Å². The number of aromatic nitrogens is 2. The second-order valence-corrected chi connectivity index (χ2v) is 7.14. The monoisotopic (exact) mass is 366 g/mol. The Hall–Kier alpha value is -2.73. The maximum Gasteiger partial charge on any atom is 0.251 e. The van der Waals surface area contributed by atoms with Gasteiger partial charge < -0.3 is 15.6 Å². The van der Waals surface area contributed by atoms with Gasteiger partial charge in [-0.3, -0.25) is 9.78 Å². The number of rotatable bonds is 6. The first-order chi connectivity index (χ1) is 13.1. The third-order valence-electron chi connectivity index (χ3n) is 5.17. The summed E-state index contributed by atoms with van der Waals surface area (Å²) in [4.78, 5) is 19.4. The fraction of sp³-hybridized carbons (Fsp3) is 0.333. The standard InChI is InChI=1S/C21H23FN4O/c1-2-13-7-14-11-23-19(10-20(14)26-21(13)27)12-24-17-8-18(9-17)25-16-5-3-15(22)4-6-16/h3-7,10-11,17-18,24-25H,2,8-9,12H2,1H3,(H,26,27). The highest BCUT2D eigenvalue weighted by Crippen LogP contribution is 2.24. The molecule has 5 nitrogen and oxygen atoms in total. The van der Waals surface area contributed by atoms with Crippen molar-refractivity contribution >= 4 is 16.6 Å². The second kappa shape index (κ2) is 7.48. The van der Waals surface area contributed by atoms with Crippen molar-refractivity contribution in [2.75, 3.05) is 5.32 Å².